The van der Waals surface area contributed by atoms with Crippen molar-refractivity contribution in [3.63, 3.8) is 0 Å². The fourth-order valence-electron chi connectivity index (χ4n) is 0.775. The third kappa shape index (κ3) is 4.64. The normalized spacial score (nSPS) is 10.3. The zero-order valence-electron chi connectivity index (χ0n) is 6.52. The van der Waals surface area contributed by atoms with Crippen LogP contribution in [0.5, 0.6) is 5.75 Å². The van der Waals surface area contributed by atoms with Gasteiger partial charge in [-0.1, -0.05) is 18.2 Å². The predicted molar refractivity (Wildman–Crippen MR) is 52.1 cm³/mol. The van der Waals surface area contributed by atoms with Gasteiger partial charge in [-0.2, -0.15) is 13.6 Å². The quantitative estimate of drug-likeness (QED) is 0.696. The molecule has 0 saturated heterocycles. The summed E-state index contributed by atoms with van der Waals surface area (Å²) in [4.78, 5) is 0. The van der Waals surface area contributed by atoms with Crippen molar-refractivity contribution in [2.24, 2.45) is 5.14 Å². The molecule has 0 aliphatic rings. The van der Waals surface area contributed by atoms with E-state index in [0.29, 0.717) is 0 Å². The van der Waals surface area contributed by atoms with Crippen molar-refractivity contribution >= 4 is 39.9 Å². The van der Waals surface area contributed by atoms with Crippen LogP contribution in [0.1, 0.15) is 5.56 Å². The fraction of sp³-hybridized carbons (Fsp3) is 0.143. The van der Waals surface area contributed by atoms with Gasteiger partial charge in [0.05, 0.1) is 0 Å². The van der Waals surface area contributed by atoms with Crippen molar-refractivity contribution in [1.29, 1.82) is 0 Å². The topological polar surface area (TPSA) is 69.4 Å². The molecule has 1 rings (SSSR count). The molecular weight excluding hydrogens is 201 g/mol. The van der Waals surface area contributed by atoms with Crippen molar-refractivity contribution in [2.75, 3.05) is 0 Å². The van der Waals surface area contributed by atoms with E-state index in [-0.39, 0.29) is 35.3 Å². The van der Waals surface area contributed by atoms with Crippen LogP contribution in [0, 0.1) is 6.92 Å². The first-order valence-corrected chi connectivity index (χ1v) is 4.74. The molecule has 4 nitrogen and oxygen atoms in total. The van der Waals surface area contributed by atoms with Crippen LogP contribution >= 0.6 is 0 Å². The minimum atomic E-state index is -3.90. The van der Waals surface area contributed by atoms with Gasteiger partial charge in [-0.3, -0.25) is 0 Å². The molecule has 0 amide bonds. The molecule has 0 radical (unpaired) electrons. The van der Waals surface area contributed by atoms with E-state index in [1.807, 2.05) is 0 Å². The first kappa shape index (κ1) is 12.9. The van der Waals surface area contributed by atoms with E-state index < -0.39 is 10.3 Å². The zero-order valence-corrected chi connectivity index (χ0v) is 7.34. The summed E-state index contributed by atoms with van der Waals surface area (Å²) in [6.07, 6.45) is 0. The van der Waals surface area contributed by atoms with Crippen LogP contribution in [0.3, 0.4) is 0 Å². The van der Waals surface area contributed by atoms with Gasteiger partial charge >= 0.3 is 39.9 Å². The molecule has 68 valence electrons. The number of hydrogen-bond donors (Lipinski definition) is 1. The van der Waals surface area contributed by atoms with Gasteiger partial charge in [-0.05, 0) is 18.6 Å². The number of rotatable bonds is 2. The zero-order chi connectivity index (χ0) is 9.19. The van der Waals surface area contributed by atoms with Gasteiger partial charge in [-0.25, -0.2) is 0 Å². The summed E-state index contributed by atoms with van der Waals surface area (Å²) in [5, 5.41) is 4.69. The van der Waals surface area contributed by atoms with Crippen LogP contribution < -0.4 is 9.32 Å². The molecule has 0 aliphatic carbocycles. The molecule has 0 atom stereocenters. The number of benzene rings is 1. The number of para-hydroxylation sites is 1. The van der Waals surface area contributed by atoms with E-state index in [2.05, 4.69) is 9.32 Å². The SMILES string of the molecule is Cc1ccccc1OS(N)(=O)=O.[NaH]. The maximum absolute atomic E-state index is 10.5. The first-order chi connectivity index (χ1) is 5.49. The predicted octanol–water partition coefficient (Wildman–Crippen LogP) is -0.0712. The van der Waals surface area contributed by atoms with E-state index in [1.165, 1.54) is 0 Å². The molecule has 0 spiro atoms. The Hall–Kier alpha value is -0.0700. The van der Waals surface area contributed by atoms with Crippen molar-refractivity contribution in [1.82, 2.24) is 0 Å². The molecular formula is C7H10NNaO3S. The van der Waals surface area contributed by atoms with Crippen molar-refractivity contribution in [3.8, 4) is 5.75 Å². The summed E-state index contributed by atoms with van der Waals surface area (Å²) < 4.78 is 25.5. The third-order valence-corrected chi connectivity index (χ3v) is 1.71. The molecule has 0 saturated carbocycles. The van der Waals surface area contributed by atoms with Gasteiger partial charge in [0.1, 0.15) is 5.75 Å². The number of nitrogens with two attached hydrogens (primary N) is 1. The van der Waals surface area contributed by atoms with Crippen LogP contribution in [0.15, 0.2) is 24.3 Å². The van der Waals surface area contributed by atoms with Crippen LogP contribution in [0.25, 0.3) is 0 Å². The van der Waals surface area contributed by atoms with Gasteiger partial charge in [-0.15, -0.1) is 0 Å². The summed E-state index contributed by atoms with van der Waals surface area (Å²) in [5.41, 5.74) is 0.728. The summed E-state index contributed by atoms with van der Waals surface area (Å²) in [7, 11) is -3.90. The average Bonchev–Trinajstić information content (AvgIpc) is 1.91. The van der Waals surface area contributed by atoms with Crippen molar-refractivity contribution in [3.05, 3.63) is 29.8 Å². The van der Waals surface area contributed by atoms with E-state index in [9.17, 15) is 8.42 Å². The van der Waals surface area contributed by atoms with Gasteiger partial charge in [0.2, 0.25) is 0 Å². The van der Waals surface area contributed by atoms with Crippen LogP contribution in [0.4, 0.5) is 0 Å². The Kier molecular flexibility index (Phi) is 4.95. The summed E-state index contributed by atoms with van der Waals surface area (Å²) in [6.45, 7) is 1.74. The molecule has 0 aromatic heterocycles. The molecule has 0 unspecified atom stereocenters. The maximum atomic E-state index is 10.5. The van der Waals surface area contributed by atoms with Gasteiger partial charge in [0.15, 0.2) is 0 Å². The van der Waals surface area contributed by atoms with Gasteiger partial charge < -0.3 is 4.18 Å². The van der Waals surface area contributed by atoms with Crippen molar-refractivity contribution < 1.29 is 12.6 Å². The molecule has 1 aromatic rings. The van der Waals surface area contributed by atoms with Crippen molar-refractivity contribution in [2.45, 2.75) is 6.92 Å². The standard InChI is InChI=1S/C7H9NO3S.Na.H/c1-6-4-2-3-5-7(6)11-12(8,9)10;;/h2-5H,1H3,(H2,8,9,10);;. The molecule has 1 aromatic carbocycles. The third-order valence-electron chi connectivity index (χ3n) is 1.30. The minimum absolute atomic E-state index is 0. The second-order valence-corrected chi connectivity index (χ2v) is 3.49. The fourth-order valence-corrected chi connectivity index (χ4v) is 1.21. The monoisotopic (exact) mass is 211 g/mol. The van der Waals surface area contributed by atoms with Gasteiger partial charge in [0, 0.05) is 0 Å². The van der Waals surface area contributed by atoms with Crippen LogP contribution in [-0.4, -0.2) is 38.0 Å². The Balaban J connectivity index is 0.00000144. The molecule has 2 N–H and O–H groups in total. The molecule has 13 heavy (non-hydrogen) atoms. The molecule has 0 aliphatic heterocycles. The Morgan fingerprint density at radius 3 is 2.31 bits per heavy atom. The van der Waals surface area contributed by atoms with E-state index in [1.54, 1.807) is 31.2 Å². The second-order valence-electron chi connectivity index (χ2n) is 2.34. The molecule has 0 fully saturated rings. The number of hydrogen-bond acceptors (Lipinski definition) is 3. The Bertz CT molecular complexity index is 377. The average molecular weight is 211 g/mol. The van der Waals surface area contributed by atoms with Crippen LogP contribution in [0.2, 0.25) is 0 Å². The first-order valence-electron chi connectivity index (χ1n) is 3.27. The van der Waals surface area contributed by atoms with E-state index >= 15 is 0 Å². The Labute approximate surface area is 99.6 Å². The molecule has 0 bridgehead atoms. The molecule has 6 heteroatoms. The van der Waals surface area contributed by atoms with Crippen LogP contribution in [-0.2, 0) is 10.3 Å². The Morgan fingerprint density at radius 2 is 1.85 bits per heavy atom. The van der Waals surface area contributed by atoms with E-state index in [4.69, 9.17) is 0 Å². The second kappa shape index (κ2) is 4.97. The van der Waals surface area contributed by atoms with E-state index in [0.717, 1.165) is 5.56 Å². The number of aryl methyl sites for hydroxylation is 1. The summed E-state index contributed by atoms with van der Waals surface area (Å²) in [5.74, 6) is 0.264. The molecule has 0 heterocycles. The summed E-state index contributed by atoms with van der Waals surface area (Å²) >= 11 is 0. The Morgan fingerprint density at radius 1 is 1.31 bits per heavy atom. The summed E-state index contributed by atoms with van der Waals surface area (Å²) in [6, 6.07) is 6.74. The van der Waals surface area contributed by atoms with Gasteiger partial charge in [0.25, 0.3) is 0 Å².